The molecule has 2 aromatic heterocycles. The molecule has 0 unspecified atom stereocenters. The minimum Gasteiger partial charge on any atom is -0.497 e. The molecule has 2 aromatic carbocycles. The number of hydrogen-bond acceptors (Lipinski definition) is 6. The van der Waals surface area contributed by atoms with Crippen molar-refractivity contribution in [2.75, 3.05) is 19.0 Å². The van der Waals surface area contributed by atoms with Gasteiger partial charge in [0, 0.05) is 11.6 Å². The van der Waals surface area contributed by atoms with Crippen LogP contribution in [0.25, 0.3) is 16.9 Å². The van der Waals surface area contributed by atoms with Crippen molar-refractivity contribution in [1.82, 2.24) is 19.2 Å². The zero-order valence-corrected chi connectivity index (χ0v) is 18.0. The lowest BCUT2D eigenvalue weighted by atomic mass is 10.1. The van der Waals surface area contributed by atoms with Crippen LogP contribution in [0.1, 0.15) is 12.7 Å². The number of nitrogens with zero attached hydrogens (tertiary/aromatic N) is 4. The number of nitrogens with one attached hydrogen (secondary N) is 1. The molecule has 9 nitrogen and oxygen atoms in total. The molecule has 32 heavy (non-hydrogen) atoms. The Bertz CT molecular complexity index is 1320. The molecule has 0 atom stereocenters. The standard InChI is InChI=1S/C23H23N5O4/c1-4-32-20-8-6-5-7-18(20)25-22(29)14-27-23(30)28-15(2)24-19(13-21(28)26-27)16-9-11-17(31-3)12-10-16/h5-13H,4,14H2,1-3H3,(H,25,29). The Morgan fingerprint density at radius 2 is 1.88 bits per heavy atom. The number of anilines is 1. The van der Waals surface area contributed by atoms with Crippen LogP contribution in [0.3, 0.4) is 0 Å². The fraction of sp³-hybridized carbons (Fsp3) is 0.217. The van der Waals surface area contributed by atoms with E-state index < -0.39 is 5.69 Å². The zero-order valence-electron chi connectivity index (χ0n) is 18.0. The van der Waals surface area contributed by atoms with Crippen molar-refractivity contribution >= 4 is 17.2 Å². The summed E-state index contributed by atoms with van der Waals surface area (Å²) >= 11 is 0. The highest BCUT2D eigenvalue weighted by molar-refractivity contribution is 5.92. The van der Waals surface area contributed by atoms with Gasteiger partial charge < -0.3 is 14.8 Å². The first-order chi connectivity index (χ1) is 15.5. The maximum absolute atomic E-state index is 12.8. The van der Waals surface area contributed by atoms with E-state index in [1.165, 1.54) is 4.40 Å². The molecule has 4 aromatic rings. The number of fused-ring (bicyclic) bond motifs is 1. The van der Waals surface area contributed by atoms with Gasteiger partial charge in [0.05, 0.1) is 25.1 Å². The summed E-state index contributed by atoms with van der Waals surface area (Å²) in [5.41, 5.74) is 2.06. The van der Waals surface area contributed by atoms with Gasteiger partial charge in [-0.3, -0.25) is 4.79 Å². The van der Waals surface area contributed by atoms with E-state index >= 15 is 0 Å². The second-order valence-electron chi connectivity index (χ2n) is 7.03. The van der Waals surface area contributed by atoms with Crippen molar-refractivity contribution in [2.24, 2.45) is 0 Å². The summed E-state index contributed by atoms with van der Waals surface area (Å²) < 4.78 is 13.2. The Labute approximate surface area is 184 Å². The predicted molar refractivity (Wildman–Crippen MR) is 120 cm³/mol. The quantitative estimate of drug-likeness (QED) is 0.481. The molecule has 1 N–H and O–H groups in total. The van der Waals surface area contributed by atoms with Gasteiger partial charge in [0.1, 0.15) is 23.9 Å². The van der Waals surface area contributed by atoms with Crippen molar-refractivity contribution in [1.29, 1.82) is 0 Å². The summed E-state index contributed by atoms with van der Waals surface area (Å²) in [6.45, 7) is 3.83. The molecule has 1 amide bonds. The van der Waals surface area contributed by atoms with Crippen molar-refractivity contribution in [3.05, 3.63) is 70.9 Å². The Morgan fingerprint density at radius 1 is 1.12 bits per heavy atom. The molecule has 0 fully saturated rings. The van der Waals surface area contributed by atoms with Gasteiger partial charge in [-0.15, -0.1) is 5.10 Å². The fourth-order valence-corrected chi connectivity index (χ4v) is 3.39. The van der Waals surface area contributed by atoms with Crippen molar-refractivity contribution in [3.8, 4) is 22.8 Å². The minimum absolute atomic E-state index is 0.238. The summed E-state index contributed by atoms with van der Waals surface area (Å²) in [6.07, 6.45) is 0. The van der Waals surface area contributed by atoms with Crippen LogP contribution in [-0.2, 0) is 11.3 Å². The van der Waals surface area contributed by atoms with Crippen LogP contribution >= 0.6 is 0 Å². The first-order valence-corrected chi connectivity index (χ1v) is 10.1. The van der Waals surface area contributed by atoms with Gasteiger partial charge in [-0.1, -0.05) is 12.1 Å². The highest BCUT2D eigenvalue weighted by Gasteiger charge is 2.16. The van der Waals surface area contributed by atoms with Crippen molar-refractivity contribution in [3.63, 3.8) is 0 Å². The van der Waals surface area contributed by atoms with E-state index in [1.807, 2.05) is 37.3 Å². The van der Waals surface area contributed by atoms with Crippen molar-refractivity contribution < 1.29 is 14.3 Å². The zero-order chi connectivity index (χ0) is 22.7. The van der Waals surface area contributed by atoms with E-state index in [9.17, 15) is 9.59 Å². The second kappa shape index (κ2) is 8.93. The van der Waals surface area contributed by atoms with Crippen LogP contribution in [0.15, 0.2) is 59.4 Å². The molecule has 0 saturated carbocycles. The predicted octanol–water partition coefficient (Wildman–Crippen LogP) is 2.91. The number of ether oxygens (including phenoxy) is 2. The van der Waals surface area contributed by atoms with E-state index in [2.05, 4.69) is 15.4 Å². The molecule has 164 valence electrons. The lowest BCUT2D eigenvalue weighted by molar-refractivity contribution is -0.117. The normalized spacial score (nSPS) is 10.8. The molecule has 0 aliphatic heterocycles. The van der Waals surface area contributed by atoms with Gasteiger partial charge in [0.25, 0.3) is 0 Å². The molecule has 0 spiro atoms. The van der Waals surface area contributed by atoms with Gasteiger partial charge in [-0.2, -0.15) is 0 Å². The Balaban J connectivity index is 1.61. The fourth-order valence-electron chi connectivity index (χ4n) is 3.39. The lowest BCUT2D eigenvalue weighted by Crippen LogP contribution is -2.29. The maximum Gasteiger partial charge on any atom is 0.352 e. The number of aromatic nitrogens is 4. The average molecular weight is 433 g/mol. The molecular formula is C23H23N5O4. The highest BCUT2D eigenvalue weighted by Crippen LogP contribution is 2.24. The molecule has 0 aliphatic rings. The number of carbonyl (C=O) groups is 1. The highest BCUT2D eigenvalue weighted by atomic mass is 16.5. The molecule has 4 rings (SSSR count). The number of para-hydroxylation sites is 2. The third-order valence-electron chi connectivity index (χ3n) is 4.88. The lowest BCUT2D eigenvalue weighted by Gasteiger charge is -2.10. The molecular weight excluding hydrogens is 410 g/mol. The Kier molecular flexibility index (Phi) is 5.89. The maximum atomic E-state index is 12.8. The summed E-state index contributed by atoms with van der Waals surface area (Å²) in [7, 11) is 1.61. The van der Waals surface area contributed by atoms with Crippen LogP contribution in [0.4, 0.5) is 5.69 Å². The van der Waals surface area contributed by atoms with E-state index in [1.54, 1.807) is 38.3 Å². The first kappa shape index (κ1) is 21.1. The summed E-state index contributed by atoms with van der Waals surface area (Å²) in [4.78, 5) is 30.0. The van der Waals surface area contributed by atoms with Crippen LogP contribution in [0.2, 0.25) is 0 Å². The van der Waals surface area contributed by atoms with E-state index in [4.69, 9.17) is 9.47 Å². The largest absolute Gasteiger partial charge is 0.497 e. The van der Waals surface area contributed by atoms with Crippen LogP contribution < -0.4 is 20.5 Å². The van der Waals surface area contributed by atoms with Crippen molar-refractivity contribution in [2.45, 2.75) is 20.4 Å². The first-order valence-electron chi connectivity index (χ1n) is 10.1. The number of benzene rings is 2. The van der Waals surface area contributed by atoms with Gasteiger partial charge >= 0.3 is 5.69 Å². The topological polar surface area (TPSA) is 99.8 Å². The van der Waals surface area contributed by atoms with Gasteiger partial charge in [0.15, 0.2) is 5.65 Å². The number of carbonyl (C=O) groups excluding carboxylic acids is 1. The van der Waals surface area contributed by atoms with Gasteiger partial charge in [0.2, 0.25) is 5.91 Å². The van der Waals surface area contributed by atoms with E-state index in [0.717, 1.165) is 16.0 Å². The number of methoxy groups -OCH3 is 1. The Hall–Kier alpha value is -4.14. The monoisotopic (exact) mass is 433 g/mol. The molecule has 0 bridgehead atoms. The smallest absolute Gasteiger partial charge is 0.352 e. The second-order valence-corrected chi connectivity index (χ2v) is 7.03. The minimum atomic E-state index is -0.431. The van der Waals surface area contributed by atoms with Gasteiger partial charge in [-0.25, -0.2) is 18.9 Å². The number of amides is 1. The van der Waals surface area contributed by atoms with Crippen LogP contribution in [-0.4, -0.2) is 38.8 Å². The Morgan fingerprint density at radius 3 is 2.59 bits per heavy atom. The van der Waals surface area contributed by atoms with E-state index in [0.29, 0.717) is 35.2 Å². The summed E-state index contributed by atoms with van der Waals surface area (Å²) in [6, 6.07) is 16.3. The number of hydrogen-bond donors (Lipinski definition) is 1. The SMILES string of the molecule is CCOc1ccccc1NC(=O)Cn1nc2cc(-c3ccc(OC)cc3)nc(C)n2c1=O. The van der Waals surface area contributed by atoms with Gasteiger partial charge in [-0.05, 0) is 50.2 Å². The van der Waals surface area contributed by atoms with E-state index in [-0.39, 0.29) is 12.5 Å². The number of aryl methyl sites for hydroxylation is 1. The van der Waals surface area contributed by atoms with Crippen LogP contribution in [0.5, 0.6) is 11.5 Å². The molecule has 0 saturated heterocycles. The summed E-state index contributed by atoms with van der Waals surface area (Å²) in [5.74, 6) is 1.40. The number of rotatable bonds is 7. The third-order valence-corrected chi connectivity index (χ3v) is 4.88. The molecule has 0 aliphatic carbocycles. The average Bonchev–Trinajstić information content (AvgIpc) is 3.10. The molecule has 9 heteroatoms. The molecule has 2 heterocycles. The third kappa shape index (κ3) is 4.18. The summed E-state index contributed by atoms with van der Waals surface area (Å²) in [5, 5.41) is 7.12. The molecule has 0 radical (unpaired) electrons. The van der Waals surface area contributed by atoms with Crippen LogP contribution in [0, 0.1) is 6.92 Å².